The lowest BCUT2D eigenvalue weighted by Gasteiger charge is -2.18. The van der Waals surface area contributed by atoms with Gasteiger partial charge in [-0.1, -0.05) is 12.1 Å². The zero-order valence-electron chi connectivity index (χ0n) is 9.96. The summed E-state index contributed by atoms with van der Waals surface area (Å²) in [4.78, 5) is 21.5. The molecule has 0 aliphatic carbocycles. The molecule has 0 saturated heterocycles. The van der Waals surface area contributed by atoms with E-state index >= 15 is 0 Å². The van der Waals surface area contributed by atoms with Gasteiger partial charge in [-0.15, -0.1) is 0 Å². The molecule has 0 aromatic heterocycles. The number of carbonyl (C=O) groups is 2. The van der Waals surface area contributed by atoms with Crippen molar-refractivity contribution in [1.29, 1.82) is 0 Å². The van der Waals surface area contributed by atoms with Gasteiger partial charge in [0, 0.05) is 19.0 Å². The quantitative estimate of drug-likeness (QED) is 0.556. The predicted octanol–water partition coefficient (Wildman–Crippen LogP) is -0.684. The maximum atomic E-state index is 10.9. The molecule has 1 rings (SSSR count). The number of carbonyl (C=O) groups excluding carboxylic acids is 2. The zero-order chi connectivity index (χ0) is 13.7. The van der Waals surface area contributed by atoms with E-state index in [0.717, 1.165) is 0 Å². The summed E-state index contributed by atoms with van der Waals surface area (Å²) < 4.78 is 0. The maximum Gasteiger partial charge on any atom is 0.248 e. The van der Waals surface area contributed by atoms with Gasteiger partial charge >= 0.3 is 0 Å². The van der Waals surface area contributed by atoms with Gasteiger partial charge in [-0.25, -0.2) is 0 Å². The summed E-state index contributed by atoms with van der Waals surface area (Å²) in [5.41, 5.74) is 5.85. The van der Waals surface area contributed by atoms with Crippen LogP contribution in [0.15, 0.2) is 24.3 Å². The van der Waals surface area contributed by atoms with Crippen molar-refractivity contribution in [2.45, 2.75) is 19.1 Å². The second-order valence-corrected chi connectivity index (χ2v) is 3.94. The van der Waals surface area contributed by atoms with Gasteiger partial charge in [-0.3, -0.25) is 9.59 Å². The summed E-state index contributed by atoms with van der Waals surface area (Å²) >= 11 is 0. The molecule has 6 nitrogen and oxygen atoms in total. The van der Waals surface area contributed by atoms with E-state index in [2.05, 4.69) is 5.32 Å². The fourth-order valence-electron chi connectivity index (χ4n) is 1.43. The number of hydrogen-bond acceptors (Lipinski definition) is 4. The summed E-state index contributed by atoms with van der Waals surface area (Å²) in [5.74, 6) is -0.847. The molecule has 0 heterocycles. The Kier molecular flexibility index (Phi) is 4.82. The second-order valence-electron chi connectivity index (χ2n) is 3.94. The fourth-order valence-corrected chi connectivity index (χ4v) is 1.43. The van der Waals surface area contributed by atoms with E-state index in [4.69, 9.17) is 5.73 Å². The molecule has 98 valence electrons. The average Bonchev–Trinajstić information content (AvgIpc) is 2.35. The third kappa shape index (κ3) is 3.83. The van der Waals surface area contributed by atoms with Gasteiger partial charge < -0.3 is 21.3 Å². The molecule has 0 spiro atoms. The number of nitrogens with one attached hydrogen (secondary N) is 1. The van der Waals surface area contributed by atoms with E-state index in [1.807, 2.05) is 0 Å². The fraction of sp³-hybridized carbons (Fsp3) is 0.333. The lowest BCUT2D eigenvalue weighted by molar-refractivity contribution is -0.119. The number of benzene rings is 1. The molecule has 0 fully saturated rings. The molecule has 5 N–H and O–H groups in total. The Morgan fingerprint density at radius 2 is 1.83 bits per heavy atom. The van der Waals surface area contributed by atoms with Gasteiger partial charge in [0.25, 0.3) is 0 Å². The summed E-state index contributed by atoms with van der Waals surface area (Å²) in [6.45, 7) is 1.27. The molecule has 0 bridgehead atoms. The Labute approximate surface area is 104 Å². The summed E-state index contributed by atoms with van der Waals surface area (Å²) in [5, 5.41) is 21.9. The lowest BCUT2D eigenvalue weighted by atomic mass is 10.0. The average molecular weight is 252 g/mol. The van der Waals surface area contributed by atoms with Crippen molar-refractivity contribution in [2.24, 2.45) is 5.73 Å². The third-order valence-corrected chi connectivity index (χ3v) is 2.46. The smallest absolute Gasteiger partial charge is 0.248 e. The minimum atomic E-state index is -1.14. The van der Waals surface area contributed by atoms with Crippen LogP contribution in [-0.2, 0) is 4.79 Å². The maximum absolute atomic E-state index is 10.9. The first kappa shape index (κ1) is 14.1. The van der Waals surface area contributed by atoms with E-state index < -0.39 is 18.1 Å². The van der Waals surface area contributed by atoms with Crippen molar-refractivity contribution < 1.29 is 19.8 Å². The first-order chi connectivity index (χ1) is 8.41. The number of hydrogen-bond donors (Lipinski definition) is 4. The van der Waals surface area contributed by atoms with Crippen molar-refractivity contribution in [1.82, 2.24) is 5.32 Å². The van der Waals surface area contributed by atoms with Crippen LogP contribution in [0.5, 0.6) is 0 Å². The van der Waals surface area contributed by atoms with Crippen LogP contribution in [-0.4, -0.2) is 34.7 Å². The number of amides is 2. The number of aliphatic hydroxyl groups excluding tert-OH is 2. The predicted molar refractivity (Wildman–Crippen MR) is 64.6 cm³/mol. The van der Waals surface area contributed by atoms with Gasteiger partial charge in [0.1, 0.15) is 12.2 Å². The molecule has 2 atom stereocenters. The largest absolute Gasteiger partial charge is 0.388 e. The monoisotopic (exact) mass is 252 g/mol. The van der Waals surface area contributed by atoms with Gasteiger partial charge in [-0.05, 0) is 17.7 Å². The molecule has 2 unspecified atom stereocenters. The summed E-state index contributed by atoms with van der Waals surface area (Å²) in [6, 6.07) is 5.93. The summed E-state index contributed by atoms with van der Waals surface area (Å²) in [7, 11) is 0. The molecule has 1 aromatic rings. The van der Waals surface area contributed by atoms with Crippen LogP contribution in [0, 0.1) is 0 Å². The first-order valence-electron chi connectivity index (χ1n) is 5.42. The Morgan fingerprint density at radius 1 is 1.28 bits per heavy atom. The van der Waals surface area contributed by atoms with E-state index in [1.54, 1.807) is 0 Å². The molecule has 2 amide bonds. The molecule has 0 aliphatic heterocycles. The van der Waals surface area contributed by atoms with Crippen LogP contribution in [0.25, 0.3) is 0 Å². The van der Waals surface area contributed by atoms with Crippen molar-refractivity contribution in [2.75, 3.05) is 6.54 Å². The molecule has 1 aromatic carbocycles. The van der Waals surface area contributed by atoms with E-state index in [-0.39, 0.29) is 12.5 Å². The summed E-state index contributed by atoms with van der Waals surface area (Å²) in [6.07, 6.45) is -2.26. The van der Waals surface area contributed by atoms with Crippen molar-refractivity contribution in [3.63, 3.8) is 0 Å². The normalized spacial score (nSPS) is 13.7. The Hall–Kier alpha value is -1.92. The number of nitrogens with two attached hydrogens (primary N) is 1. The lowest BCUT2D eigenvalue weighted by Crippen LogP contribution is -2.34. The molecule has 0 aliphatic rings. The van der Waals surface area contributed by atoms with Gasteiger partial charge in [0.2, 0.25) is 11.8 Å². The Bertz CT molecular complexity index is 430. The highest BCUT2D eigenvalue weighted by Crippen LogP contribution is 2.17. The number of rotatable bonds is 5. The SMILES string of the molecule is CC(=O)NCC(O)C(O)c1ccc(C(N)=O)cc1. The molecule has 18 heavy (non-hydrogen) atoms. The zero-order valence-corrected chi connectivity index (χ0v) is 9.96. The van der Waals surface area contributed by atoms with Crippen LogP contribution < -0.4 is 11.1 Å². The van der Waals surface area contributed by atoms with Crippen molar-refractivity contribution >= 4 is 11.8 Å². The Balaban J connectivity index is 2.68. The van der Waals surface area contributed by atoms with Crippen LogP contribution in [0.4, 0.5) is 0 Å². The van der Waals surface area contributed by atoms with E-state index in [0.29, 0.717) is 11.1 Å². The van der Waals surface area contributed by atoms with Crippen LogP contribution in [0.2, 0.25) is 0 Å². The molecule has 6 heteroatoms. The Morgan fingerprint density at radius 3 is 2.28 bits per heavy atom. The van der Waals surface area contributed by atoms with Crippen LogP contribution >= 0.6 is 0 Å². The second kappa shape index (κ2) is 6.13. The highest BCUT2D eigenvalue weighted by Gasteiger charge is 2.18. The number of aliphatic hydroxyl groups is 2. The third-order valence-electron chi connectivity index (χ3n) is 2.46. The van der Waals surface area contributed by atoms with Gasteiger partial charge in [-0.2, -0.15) is 0 Å². The van der Waals surface area contributed by atoms with E-state index in [1.165, 1.54) is 31.2 Å². The minimum absolute atomic E-state index is 0.0475. The molecular weight excluding hydrogens is 236 g/mol. The van der Waals surface area contributed by atoms with Gasteiger partial charge in [0.15, 0.2) is 0 Å². The van der Waals surface area contributed by atoms with Crippen LogP contribution in [0.1, 0.15) is 28.9 Å². The molecule has 0 saturated carbocycles. The molecule has 0 radical (unpaired) electrons. The van der Waals surface area contributed by atoms with Crippen molar-refractivity contribution in [3.05, 3.63) is 35.4 Å². The first-order valence-corrected chi connectivity index (χ1v) is 5.42. The number of primary amides is 1. The molecular formula is C12H16N2O4. The van der Waals surface area contributed by atoms with Gasteiger partial charge in [0.05, 0.1) is 0 Å². The highest BCUT2D eigenvalue weighted by molar-refractivity contribution is 5.92. The van der Waals surface area contributed by atoms with Crippen LogP contribution in [0.3, 0.4) is 0 Å². The van der Waals surface area contributed by atoms with E-state index in [9.17, 15) is 19.8 Å². The highest BCUT2D eigenvalue weighted by atomic mass is 16.3. The standard InChI is InChI=1S/C12H16N2O4/c1-7(15)14-6-10(16)11(17)8-2-4-9(5-3-8)12(13)18/h2-5,10-11,16-17H,6H2,1H3,(H2,13,18)(H,14,15). The topological polar surface area (TPSA) is 113 Å². The van der Waals surface area contributed by atoms with Crippen molar-refractivity contribution in [3.8, 4) is 0 Å². The minimum Gasteiger partial charge on any atom is -0.388 e.